The van der Waals surface area contributed by atoms with Crippen LogP contribution in [0.2, 0.25) is 10.0 Å². The lowest BCUT2D eigenvalue weighted by atomic mass is 10.0. The molecule has 24 heavy (non-hydrogen) atoms. The van der Waals surface area contributed by atoms with Gasteiger partial charge in [-0.1, -0.05) is 59.6 Å². The quantitative estimate of drug-likeness (QED) is 0.832. The Bertz CT molecular complexity index is 659. The minimum atomic E-state index is 0.227. The highest BCUT2D eigenvalue weighted by Gasteiger charge is 2.24. The van der Waals surface area contributed by atoms with E-state index in [0.29, 0.717) is 0 Å². The van der Waals surface area contributed by atoms with Crippen LogP contribution in [0.5, 0.6) is 0 Å². The van der Waals surface area contributed by atoms with E-state index in [0.717, 1.165) is 60.6 Å². The molecule has 0 bridgehead atoms. The van der Waals surface area contributed by atoms with Gasteiger partial charge in [0.25, 0.3) is 0 Å². The summed E-state index contributed by atoms with van der Waals surface area (Å²) in [6, 6.07) is 16.2. The molecule has 1 atom stereocenters. The highest BCUT2D eigenvalue weighted by atomic mass is 35.5. The normalized spacial score (nSPS) is 16.9. The summed E-state index contributed by atoms with van der Waals surface area (Å²) < 4.78 is 5.49. The Kier molecular flexibility index (Phi) is 6.52. The molecule has 128 valence electrons. The number of hydrogen-bond acceptors (Lipinski definition) is 3. The van der Waals surface area contributed by atoms with Crippen molar-refractivity contribution in [3.8, 4) is 0 Å². The van der Waals surface area contributed by atoms with Crippen molar-refractivity contribution in [2.45, 2.75) is 12.6 Å². The lowest BCUT2D eigenvalue weighted by Gasteiger charge is -2.35. The average molecular weight is 365 g/mol. The van der Waals surface area contributed by atoms with E-state index in [4.69, 9.17) is 27.9 Å². The Hall–Kier alpha value is -1.10. The van der Waals surface area contributed by atoms with Gasteiger partial charge in [-0.2, -0.15) is 0 Å². The van der Waals surface area contributed by atoms with E-state index in [2.05, 4.69) is 22.3 Å². The standard InChI is InChI=1S/C19H22Cl2N2O/c20-17-7-3-1-5-15(17)13-22-14-19(23-9-11-24-12-10-23)16-6-2-4-8-18(16)21/h1-8,19,22H,9-14H2. The van der Waals surface area contributed by atoms with Crippen molar-refractivity contribution in [3.63, 3.8) is 0 Å². The van der Waals surface area contributed by atoms with Crippen LogP contribution in [0, 0.1) is 0 Å². The molecule has 0 spiro atoms. The fourth-order valence-corrected chi connectivity index (χ4v) is 3.52. The van der Waals surface area contributed by atoms with Gasteiger partial charge in [-0.15, -0.1) is 0 Å². The molecule has 5 heteroatoms. The lowest BCUT2D eigenvalue weighted by molar-refractivity contribution is 0.0161. The molecule has 1 saturated heterocycles. The number of halogens is 2. The number of rotatable bonds is 6. The molecule has 1 N–H and O–H groups in total. The summed E-state index contributed by atoms with van der Waals surface area (Å²) in [4.78, 5) is 2.43. The van der Waals surface area contributed by atoms with Gasteiger partial charge in [0.1, 0.15) is 0 Å². The summed E-state index contributed by atoms with van der Waals surface area (Å²) in [5, 5.41) is 5.15. The minimum absolute atomic E-state index is 0.227. The number of benzene rings is 2. The predicted octanol–water partition coefficient (Wildman–Crippen LogP) is 4.16. The third kappa shape index (κ3) is 4.50. The van der Waals surface area contributed by atoms with Gasteiger partial charge < -0.3 is 10.1 Å². The maximum Gasteiger partial charge on any atom is 0.0594 e. The van der Waals surface area contributed by atoms with Gasteiger partial charge in [-0.25, -0.2) is 0 Å². The minimum Gasteiger partial charge on any atom is -0.379 e. The third-order valence-electron chi connectivity index (χ3n) is 4.36. The Morgan fingerprint density at radius 3 is 2.33 bits per heavy atom. The van der Waals surface area contributed by atoms with Crippen LogP contribution in [-0.2, 0) is 11.3 Å². The Balaban J connectivity index is 1.70. The molecule has 0 aromatic heterocycles. The monoisotopic (exact) mass is 364 g/mol. The number of ether oxygens (including phenoxy) is 1. The van der Waals surface area contributed by atoms with Crippen molar-refractivity contribution in [1.29, 1.82) is 0 Å². The van der Waals surface area contributed by atoms with Crippen LogP contribution in [0.1, 0.15) is 17.2 Å². The van der Waals surface area contributed by atoms with E-state index < -0.39 is 0 Å². The van der Waals surface area contributed by atoms with E-state index >= 15 is 0 Å². The molecule has 1 fully saturated rings. The summed E-state index contributed by atoms with van der Waals surface area (Å²) in [6.45, 7) is 4.93. The molecule has 1 aliphatic heterocycles. The largest absolute Gasteiger partial charge is 0.379 e. The summed E-state index contributed by atoms with van der Waals surface area (Å²) in [6.07, 6.45) is 0. The molecule has 3 nitrogen and oxygen atoms in total. The summed E-state index contributed by atoms with van der Waals surface area (Å²) in [5.74, 6) is 0. The maximum atomic E-state index is 6.45. The van der Waals surface area contributed by atoms with E-state index in [1.165, 1.54) is 0 Å². The first-order valence-electron chi connectivity index (χ1n) is 8.26. The number of nitrogens with one attached hydrogen (secondary N) is 1. The highest BCUT2D eigenvalue weighted by molar-refractivity contribution is 6.31. The average Bonchev–Trinajstić information content (AvgIpc) is 2.62. The van der Waals surface area contributed by atoms with Gasteiger partial charge in [0.05, 0.1) is 13.2 Å². The highest BCUT2D eigenvalue weighted by Crippen LogP contribution is 2.28. The van der Waals surface area contributed by atoms with E-state index in [9.17, 15) is 0 Å². The van der Waals surface area contributed by atoms with Crippen molar-refractivity contribution < 1.29 is 4.74 Å². The van der Waals surface area contributed by atoms with Gasteiger partial charge in [0, 0.05) is 42.3 Å². The zero-order chi connectivity index (χ0) is 16.8. The van der Waals surface area contributed by atoms with Crippen molar-refractivity contribution in [3.05, 3.63) is 69.7 Å². The zero-order valence-corrected chi connectivity index (χ0v) is 15.1. The van der Waals surface area contributed by atoms with Crippen molar-refractivity contribution in [1.82, 2.24) is 10.2 Å². The second kappa shape index (κ2) is 8.84. The Morgan fingerprint density at radius 2 is 1.62 bits per heavy atom. The lowest BCUT2D eigenvalue weighted by Crippen LogP contribution is -2.42. The van der Waals surface area contributed by atoms with Crippen molar-refractivity contribution in [2.75, 3.05) is 32.8 Å². The molecule has 2 aromatic carbocycles. The summed E-state index contributed by atoms with van der Waals surface area (Å²) in [7, 11) is 0. The second-order valence-corrected chi connectivity index (χ2v) is 6.72. The summed E-state index contributed by atoms with van der Waals surface area (Å²) in [5.41, 5.74) is 2.27. The molecule has 0 saturated carbocycles. The van der Waals surface area contributed by atoms with Crippen LogP contribution in [0.15, 0.2) is 48.5 Å². The van der Waals surface area contributed by atoms with Gasteiger partial charge in [0.15, 0.2) is 0 Å². The van der Waals surface area contributed by atoms with Crippen molar-refractivity contribution >= 4 is 23.2 Å². The Labute approximate surface area is 153 Å². The molecule has 3 rings (SSSR count). The first-order valence-corrected chi connectivity index (χ1v) is 9.01. The predicted molar refractivity (Wildman–Crippen MR) is 99.7 cm³/mol. The number of morpholine rings is 1. The van der Waals surface area contributed by atoms with Crippen LogP contribution in [0.25, 0.3) is 0 Å². The molecule has 0 amide bonds. The molecule has 0 radical (unpaired) electrons. The van der Waals surface area contributed by atoms with Gasteiger partial charge in [0.2, 0.25) is 0 Å². The second-order valence-electron chi connectivity index (χ2n) is 5.91. The zero-order valence-electron chi connectivity index (χ0n) is 13.6. The van der Waals surface area contributed by atoms with Crippen LogP contribution < -0.4 is 5.32 Å². The molecular formula is C19H22Cl2N2O. The Morgan fingerprint density at radius 1 is 0.958 bits per heavy atom. The smallest absolute Gasteiger partial charge is 0.0594 e. The van der Waals surface area contributed by atoms with Gasteiger partial charge >= 0.3 is 0 Å². The topological polar surface area (TPSA) is 24.5 Å². The van der Waals surface area contributed by atoms with Crippen LogP contribution >= 0.6 is 23.2 Å². The molecular weight excluding hydrogens is 343 g/mol. The fraction of sp³-hybridized carbons (Fsp3) is 0.368. The molecule has 1 heterocycles. The molecule has 0 aliphatic carbocycles. The van der Waals surface area contributed by atoms with Crippen LogP contribution in [-0.4, -0.2) is 37.7 Å². The molecule has 1 unspecified atom stereocenters. The number of nitrogens with zero attached hydrogens (tertiary/aromatic N) is 1. The van der Waals surface area contributed by atoms with Gasteiger partial charge in [-0.05, 0) is 23.3 Å². The SMILES string of the molecule is Clc1ccccc1CNCC(c1ccccc1Cl)N1CCOCC1. The number of hydrogen-bond donors (Lipinski definition) is 1. The maximum absolute atomic E-state index is 6.45. The van der Waals surface area contributed by atoms with E-state index in [1.807, 2.05) is 36.4 Å². The first-order chi connectivity index (χ1) is 11.8. The fourth-order valence-electron chi connectivity index (χ4n) is 3.06. The summed E-state index contributed by atoms with van der Waals surface area (Å²) >= 11 is 12.7. The van der Waals surface area contributed by atoms with Crippen molar-refractivity contribution in [2.24, 2.45) is 0 Å². The van der Waals surface area contributed by atoms with Crippen LogP contribution in [0.4, 0.5) is 0 Å². The van der Waals surface area contributed by atoms with Crippen LogP contribution in [0.3, 0.4) is 0 Å². The van der Waals surface area contributed by atoms with E-state index in [1.54, 1.807) is 0 Å². The first kappa shape index (κ1) is 17.7. The molecule has 1 aliphatic rings. The van der Waals surface area contributed by atoms with E-state index in [-0.39, 0.29) is 6.04 Å². The third-order valence-corrected chi connectivity index (χ3v) is 5.07. The van der Waals surface area contributed by atoms with Gasteiger partial charge in [-0.3, -0.25) is 4.90 Å². The molecule has 2 aromatic rings.